The maximum Gasteiger partial charge on any atom is 0.282 e. The summed E-state index contributed by atoms with van der Waals surface area (Å²) in [6.07, 6.45) is -1.67. The fourth-order valence-electron chi connectivity index (χ4n) is 3.15. The molecule has 0 saturated heterocycles. The highest BCUT2D eigenvalue weighted by Crippen LogP contribution is 2.39. The average molecular weight is 406 g/mol. The van der Waals surface area contributed by atoms with Crippen LogP contribution in [-0.2, 0) is 16.4 Å². The molecule has 0 amide bonds. The summed E-state index contributed by atoms with van der Waals surface area (Å²) in [6, 6.07) is 11.2. The average Bonchev–Trinajstić information content (AvgIpc) is 3.07. The van der Waals surface area contributed by atoms with Gasteiger partial charge in [-0.05, 0) is 36.4 Å². The van der Waals surface area contributed by atoms with Gasteiger partial charge in [-0.15, -0.1) is 0 Å². The minimum atomic E-state index is -3.43. The van der Waals surface area contributed by atoms with Crippen molar-refractivity contribution < 1.29 is 26.7 Å². The minimum absolute atomic E-state index is 0.0925. The van der Waals surface area contributed by atoms with E-state index in [0.29, 0.717) is 28.6 Å². The zero-order valence-corrected chi connectivity index (χ0v) is 15.8. The first-order valence-corrected chi connectivity index (χ1v) is 10.2. The molecule has 0 saturated carbocycles. The maximum atomic E-state index is 13.6. The lowest BCUT2D eigenvalue weighted by Gasteiger charge is -2.22. The molecule has 1 aliphatic rings. The van der Waals surface area contributed by atoms with Crippen LogP contribution in [0.1, 0.15) is 17.8 Å². The summed E-state index contributed by atoms with van der Waals surface area (Å²) in [7, 11) is -1.89. The van der Waals surface area contributed by atoms with E-state index in [1.54, 1.807) is 34.9 Å². The number of aromatic nitrogens is 2. The van der Waals surface area contributed by atoms with Crippen molar-refractivity contribution >= 4 is 9.84 Å². The van der Waals surface area contributed by atoms with Crippen LogP contribution in [0.4, 0.5) is 8.78 Å². The number of hydrogen-bond donors (Lipinski definition) is 0. The van der Waals surface area contributed by atoms with Gasteiger partial charge in [-0.3, -0.25) is 4.57 Å². The van der Waals surface area contributed by atoms with Crippen LogP contribution >= 0.6 is 0 Å². The van der Waals surface area contributed by atoms with E-state index in [1.165, 1.54) is 19.2 Å². The Labute approximate surface area is 160 Å². The molecule has 28 heavy (non-hydrogen) atoms. The normalized spacial score (nSPS) is 13.0. The lowest BCUT2D eigenvalue weighted by molar-refractivity contribution is 0.142. The Morgan fingerprint density at radius 1 is 1.18 bits per heavy atom. The molecule has 0 aliphatic carbocycles. The molecule has 1 aliphatic heterocycles. The largest absolute Gasteiger partial charge is 0.497 e. The highest BCUT2D eigenvalue weighted by atomic mass is 32.2. The summed E-state index contributed by atoms with van der Waals surface area (Å²) < 4.78 is 63.1. The van der Waals surface area contributed by atoms with Crippen LogP contribution in [0.3, 0.4) is 0 Å². The molecule has 9 heteroatoms. The van der Waals surface area contributed by atoms with Crippen molar-refractivity contribution in [1.82, 2.24) is 9.55 Å². The van der Waals surface area contributed by atoms with E-state index in [1.807, 2.05) is 0 Å². The number of fused-ring (bicyclic) bond motifs is 3. The summed E-state index contributed by atoms with van der Waals surface area (Å²) in [4.78, 5) is 4.25. The first kappa shape index (κ1) is 18.4. The van der Waals surface area contributed by atoms with Gasteiger partial charge in [0.1, 0.15) is 29.6 Å². The fourth-order valence-corrected chi connectivity index (χ4v) is 3.79. The molecule has 2 aromatic carbocycles. The van der Waals surface area contributed by atoms with Gasteiger partial charge in [0.2, 0.25) is 0 Å². The van der Waals surface area contributed by atoms with Crippen LogP contribution in [0.2, 0.25) is 0 Å². The Balaban J connectivity index is 1.94. The summed E-state index contributed by atoms with van der Waals surface area (Å²) in [5.41, 5.74) is 0.955. The summed E-state index contributed by atoms with van der Waals surface area (Å²) >= 11 is 0. The van der Waals surface area contributed by atoms with Crippen molar-refractivity contribution in [1.29, 1.82) is 0 Å². The Kier molecular flexibility index (Phi) is 4.34. The molecule has 6 nitrogen and oxygen atoms in total. The third-order valence-corrected chi connectivity index (χ3v) is 5.63. The molecule has 1 aromatic heterocycles. The number of benzene rings is 2. The second-order valence-corrected chi connectivity index (χ2v) is 8.34. The Hall–Kier alpha value is -2.94. The fraction of sp³-hybridized carbons (Fsp3) is 0.211. The predicted octanol–water partition coefficient (Wildman–Crippen LogP) is 3.78. The number of rotatable bonds is 4. The molecular weight excluding hydrogens is 390 g/mol. The van der Waals surface area contributed by atoms with Gasteiger partial charge in [-0.2, -0.15) is 0 Å². The zero-order chi connectivity index (χ0) is 20.1. The van der Waals surface area contributed by atoms with Crippen molar-refractivity contribution in [3.63, 3.8) is 0 Å². The number of imidazole rings is 1. The second kappa shape index (κ2) is 6.59. The highest BCUT2D eigenvalue weighted by molar-refractivity contribution is 7.90. The van der Waals surface area contributed by atoms with Crippen molar-refractivity contribution in [2.45, 2.75) is 17.9 Å². The van der Waals surface area contributed by atoms with Crippen molar-refractivity contribution in [2.24, 2.45) is 0 Å². The van der Waals surface area contributed by atoms with Gasteiger partial charge in [0.25, 0.3) is 6.43 Å². The van der Waals surface area contributed by atoms with E-state index in [-0.39, 0.29) is 22.9 Å². The predicted molar refractivity (Wildman–Crippen MR) is 98.0 cm³/mol. The van der Waals surface area contributed by atoms with Crippen LogP contribution in [-0.4, -0.2) is 31.3 Å². The van der Waals surface area contributed by atoms with Gasteiger partial charge in [-0.25, -0.2) is 22.2 Å². The smallest absolute Gasteiger partial charge is 0.282 e. The number of alkyl halides is 2. The maximum absolute atomic E-state index is 13.6. The molecule has 2 heterocycles. The van der Waals surface area contributed by atoms with Gasteiger partial charge in [0.05, 0.1) is 23.4 Å². The third-order valence-electron chi connectivity index (χ3n) is 4.52. The Bertz CT molecular complexity index is 1160. The number of hydrogen-bond acceptors (Lipinski definition) is 5. The van der Waals surface area contributed by atoms with E-state index < -0.39 is 16.3 Å². The van der Waals surface area contributed by atoms with Crippen molar-refractivity contribution in [3.05, 3.63) is 53.9 Å². The van der Waals surface area contributed by atoms with Crippen LogP contribution in [0.25, 0.3) is 17.1 Å². The molecule has 4 rings (SSSR count). The number of sulfone groups is 1. The minimum Gasteiger partial charge on any atom is -0.497 e. The molecule has 146 valence electrons. The van der Waals surface area contributed by atoms with Crippen LogP contribution < -0.4 is 9.47 Å². The van der Waals surface area contributed by atoms with Crippen molar-refractivity contribution in [3.8, 4) is 28.6 Å². The Morgan fingerprint density at radius 2 is 1.89 bits per heavy atom. The van der Waals surface area contributed by atoms with E-state index >= 15 is 0 Å². The molecule has 0 spiro atoms. The third kappa shape index (κ3) is 3.01. The molecule has 0 bridgehead atoms. The van der Waals surface area contributed by atoms with Crippen LogP contribution in [0.15, 0.2) is 47.4 Å². The summed E-state index contributed by atoms with van der Waals surface area (Å²) in [6.45, 7) is -0.136. The molecule has 0 atom stereocenters. The second-order valence-electron chi connectivity index (χ2n) is 6.32. The topological polar surface area (TPSA) is 70.4 Å². The first-order valence-electron chi connectivity index (χ1n) is 8.31. The summed E-state index contributed by atoms with van der Waals surface area (Å²) in [5.74, 6) is 1.25. The van der Waals surface area contributed by atoms with Gasteiger partial charge < -0.3 is 9.47 Å². The van der Waals surface area contributed by atoms with Crippen molar-refractivity contribution in [2.75, 3.05) is 13.4 Å². The summed E-state index contributed by atoms with van der Waals surface area (Å²) in [5, 5.41) is 0. The molecule has 3 aromatic rings. The standard InChI is InChI=1S/C19H16F2N2O4S/c1-26-12-5-3-11(4-6-12)19-22-17(18(20)21)15-10-27-16-9-13(28(2,24)25)7-8-14(16)23(15)19/h3-9,18H,10H2,1-2H3. The van der Waals surface area contributed by atoms with E-state index in [4.69, 9.17) is 9.47 Å². The lowest BCUT2D eigenvalue weighted by atomic mass is 10.2. The highest BCUT2D eigenvalue weighted by Gasteiger charge is 2.30. The van der Waals surface area contributed by atoms with E-state index in [9.17, 15) is 17.2 Å². The van der Waals surface area contributed by atoms with E-state index in [2.05, 4.69) is 4.98 Å². The monoisotopic (exact) mass is 406 g/mol. The molecule has 0 radical (unpaired) electrons. The van der Waals surface area contributed by atoms with Crippen LogP contribution in [0, 0.1) is 0 Å². The molecule has 0 fully saturated rings. The molecule has 0 N–H and O–H groups in total. The van der Waals surface area contributed by atoms with Crippen LogP contribution in [0.5, 0.6) is 11.5 Å². The number of nitrogens with zero attached hydrogens (tertiary/aromatic N) is 2. The SMILES string of the molecule is COc1ccc(-c2nc(C(F)F)c3n2-c2ccc(S(C)(=O)=O)cc2OC3)cc1. The van der Waals surface area contributed by atoms with E-state index in [0.717, 1.165) is 6.26 Å². The van der Waals surface area contributed by atoms with Gasteiger partial charge in [0, 0.05) is 17.9 Å². The van der Waals surface area contributed by atoms with Gasteiger partial charge in [-0.1, -0.05) is 0 Å². The number of methoxy groups -OCH3 is 1. The number of ether oxygens (including phenoxy) is 2. The van der Waals surface area contributed by atoms with Gasteiger partial charge in [0.15, 0.2) is 9.84 Å². The Morgan fingerprint density at radius 3 is 2.50 bits per heavy atom. The zero-order valence-electron chi connectivity index (χ0n) is 15.0. The first-order chi connectivity index (χ1) is 13.3. The van der Waals surface area contributed by atoms with Gasteiger partial charge >= 0.3 is 0 Å². The quantitative estimate of drug-likeness (QED) is 0.660. The molecular formula is C19H16F2N2O4S. The molecule has 0 unspecified atom stereocenters. The lowest BCUT2D eigenvalue weighted by Crippen LogP contribution is -2.15. The number of halogens is 2.